The molecule has 0 radical (unpaired) electrons. The molecule has 342 valence electrons. The molecule has 3 saturated heterocycles. The van der Waals surface area contributed by atoms with Gasteiger partial charge in [-0.15, -0.1) is 0 Å². The van der Waals surface area contributed by atoms with Crippen molar-refractivity contribution in [1.29, 1.82) is 0 Å². The number of hydrogen-bond donors (Lipinski definition) is 0. The molecule has 0 saturated carbocycles. The Labute approximate surface area is 377 Å². The smallest absolute Gasteiger partial charge is 0.291 e. The van der Waals surface area contributed by atoms with Gasteiger partial charge >= 0.3 is 0 Å². The van der Waals surface area contributed by atoms with Crippen LogP contribution in [-0.2, 0) is 35.2 Å². The summed E-state index contributed by atoms with van der Waals surface area (Å²) in [5.41, 5.74) is 1.66. The maximum absolute atomic E-state index is 12.6. The molecule has 3 atom stereocenters. The second-order valence-electron chi connectivity index (χ2n) is 19.2. The van der Waals surface area contributed by atoms with Crippen molar-refractivity contribution in [3.8, 4) is 5.75 Å². The van der Waals surface area contributed by atoms with Crippen molar-refractivity contribution in [2.24, 2.45) is 16.2 Å². The average molecular weight is 864 g/mol. The van der Waals surface area contributed by atoms with Gasteiger partial charge in [-0.25, -0.2) is 0 Å². The van der Waals surface area contributed by atoms with E-state index in [0.717, 1.165) is 61.8 Å². The average Bonchev–Trinajstić information content (AvgIpc) is 4.11. The van der Waals surface area contributed by atoms with Crippen molar-refractivity contribution in [2.45, 2.75) is 145 Å². The highest BCUT2D eigenvalue weighted by molar-refractivity contribution is 6.39. The first kappa shape index (κ1) is 50.5. The van der Waals surface area contributed by atoms with E-state index in [4.69, 9.17) is 4.74 Å². The van der Waals surface area contributed by atoms with E-state index >= 15 is 0 Å². The maximum Gasteiger partial charge on any atom is 0.291 e. The summed E-state index contributed by atoms with van der Waals surface area (Å²) in [5.74, 6) is -0.977. The molecule has 63 heavy (non-hydrogen) atoms. The van der Waals surface area contributed by atoms with Crippen molar-refractivity contribution in [2.75, 3.05) is 26.7 Å². The Morgan fingerprint density at radius 1 is 0.524 bits per heavy atom. The zero-order valence-electron chi connectivity index (χ0n) is 39.7. The van der Waals surface area contributed by atoms with E-state index in [2.05, 4.69) is 12.1 Å². The van der Waals surface area contributed by atoms with Crippen molar-refractivity contribution in [1.82, 2.24) is 14.7 Å². The van der Waals surface area contributed by atoms with Crippen LogP contribution in [0, 0.1) is 16.2 Å². The van der Waals surface area contributed by atoms with Crippen LogP contribution in [0.1, 0.15) is 149 Å². The molecule has 3 amide bonds. The van der Waals surface area contributed by atoms with Gasteiger partial charge in [0.05, 0.1) is 19.2 Å². The Hall–Kier alpha value is -5.12. The summed E-state index contributed by atoms with van der Waals surface area (Å²) in [6.45, 7) is 19.0. The largest absolute Gasteiger partial charge is 0.497 e. The van der Waals surface area contributed by atoms with Gasteiger partial charge in [0.2, 0.25) is 17.3 Å². The SMILES string of the molecule is CCC(C)(C)C(=O)C(=O)N1CCCC1Cc1ccccc1.CCC(C)(C)C(=O)C(=O)N1CCCC1c1cccc(OC)c1.CCC(C)(C)C(=O)C(=O)N1CCCC1c1ccccc1. The van der Waals surface area contributed by atoms with Crippen molar-refractivity contribution in [3.05, 3.63) is 102 Å². The van der Waals surface area contributed by atoms with Gasteiger partial charge < -0.3 is 19.4 Å². The predicted molar refractivity (Wildman–Crippen MR) is 249 cm³/mol. The lowest BCUT2D eigenvalue weighted by molar-refractivity contribution is -0.149. The Balaban J connectivity index is 0.000000208. The van der Waals surface area contributed by atoms with E-state index in [1.807, 2.05) is 135 Å². The number of methoxy groups -OCH3 is 1. The number of carbonyl (C=O) groups is 6. The Morgan fingerprint density at radius 2 is 0.921 bits per heavy atom. The molecule has 3 aromatic rings. The molecule has 3 aliphatic heterocycles. The van der Waals surface area contributed by atoms with Crippen LogP contribution in [0.5, 0.6) is 5.75 Å². The number of hydrogen-bond acceptors (Lipinski definition) is 7. The number of ether oxygens (including phenoxy) is 1. The molecule has 3 fully saturated rings. The van der Waals surface area contributed by atoms with Crippen molar-refractivity contribution in [3.63, 3.8) is 0 Å². The number of ketones is 3. The third-order valence-electron chi connectivity index (χ3n) is 13.7. The molecule has 0 aromatic heterocycles. The molecule has 0 N–H and O–H groups in total. The first-order valence-electron chi connectivity index (χ1n) is 23.1. The van der Waals surface area contributed by atoms with E-state index in [-0.39, 0.29) is 53.2 Å². The summed E-state index contributed by atoms with van der Waals surface area (Å²) < 4.78 is 5.26. The van der Waals surface area contributed by atoms with Gasteiger partial charge in [-0.3, -0.25) is 28.8 Å². The van der Waals surface area contributed by atoms with Crippen LogP contribution in [-0.4, -0.2) is 82.6 Å². The highest BCUT2D eigenvalue weighted by Gasteiger charge is 2.41. The zero-order chi connectivity index (χ0) is 46.5. The molecule has 0 bridgehead atoms. The highest BCUT2D eigenvalue weighted by Crippen LogP contribution is 2.36. The topological polar surface area (TPSA) is 121 Å². The summed E-state index contributed by atoms with van der Waals surface area (Å²) >= 11 is 0. The second kappa shape index (κ2) is 22.5. The second-order valence-corrected chi connectivity index (χ2v) is 19.2. The molecule has 0 spiro atoms. The fourth-order valence-electron chi connectivity index (χ4n) is 8.18. The third-order valence-corrected chi connectivity index (χ3v) is 13.7. The van der Waals surface area contributed by atoms with Crippen LogP contribution in [0.2, 0.25) is 0 Å². The molecule has 0 aliphatic carbocycles. The number of Topliss-reactive ketones (excluding diaryl/α,β-unsaturated/α-hetero) is 3. The number of benzene rings is 3. The maximum atomic E-state index is 12.6. The van der Waals surface area contributed by atoms with E-state index in [9.17, 15) is 28.8 Å². The summed E-state index contributed by atoms with van der Waals surface area (Å²) in [7, 11) is 1.63. The molecular weight excluding hydrogens is 791 g/mol. The van der Waals surface area contributed by atoms with E-state index in [0.29, 0.717) is 38.9 Å². The van der Waals surface area contributed by atoms with Crippen LogP contribution in [0.4, 0.5) is 0 Å². The van der Waals surface area contributed by atoms with Gasteiger partial charge in [0, 0.05) is 41.9 Å². The number of carbonyl (C=O) groups excluding carboxylic acids is 6. The molecule has 10 nitrogen and oxygen atoms in total. The van der Waals surface area contributed by atoms with E-state index in [1.54, 1.807) is 21.8 Å². The van der Waals surface area contributed by atoms with E-state index < -0.39 is 16.2 Å². The molecule has 10 heteroatoms. The zero-order valence-corrected chi connectivity index (χ0v) is 39.7. The van der Waals surface area contributed by atoms with Crippen LogP contribution >= 0.6 is 0 Å². The Kier molecular flexibility index (Phi) is 18.0. The molecule has 3 unspecified atom stereocenters. The van der Waals surface area contributed by atoms with Crippen LogP contribution < -0.4 is 4.74 Å². The summed E-state index contributed by atoms with van der Waals surface area (Å²) in [4.78, 5) is 80.2. The third kappa shape index (κ3) is 12.8. The monoisotopic (exact) mass is 864 g/mol. The van der Waals surface area contributed by atoms with Gasteiger partial charge in [-0.2, -0.15) is 0 Å². The number of rotatable bonds is 14. The predicted octanol–water partition coefficient (Wildman–Crippen LogP) is 9.94. The van der Waals surface area contributed by atoms with Crippen LogP contribution in [0.3, 0.4) is 0 Å². The lowest BCUT2D eigenvalue weighted by Gasteiger charge is -2.28. The summed E-state index contributed by atoms with van der Waals surface area (Å²) in [6.07, 6.45) is 8.56. The first-order chi connectivity index (χ1) is 29.8. The molecule has 6 rings (SSSR count). The molecule has 3 heterocycles. The lowest BCUT2D eigenvalue weighted by atomic mass is 9.84. The summed E-state index contributed by atoms with van der Waals surface area (Å²) in [6, 6.07) is 28.1. The summed E-state index contributed by atoms with van der Waals surface area (Å²) in [5, 5.41) is 0. The van der Waals surface area contributed by atoms with Crippen molar-refractivity contribution < 1.29 is 33.5 Å². The Morgan fingerprint density at radius 3 is 1.38 bits per heavy atom. The number of amides is 3. The minimum Gasteiger partial charge on any atom is -0.497 e. The fourth-order valence-corrected chi connectivity index (χ4v) is 8.18. The fraction of sp³-hybridized carbons (Fsp3) is 0.547. The number of nitrogens with zero attached hydrogens (tertiary/aromatic N) is 3. The molecular formula is C53H73N3O7. The van der Waals surface area contributed by atoms with Crippen molar-refractivity contribution >= 4 is 35.1 Å². The van der Waals surface area contributed by atoms with Gasteiger partial charge in [0.25, 0.3) is 17.7 Å². The van der Waals surface area contributed by atoms with Gasteiger partial charge in [0.15, 0.2) is 0 Å². The normalized spacial score (nSPS) is 18.8. The lowest BCUT2D eigenvalue weighted by Crippen LogP contribution is -2.45. The minimum atomic E-state index is -0.599. The standard InChI is InChI=1S/C18H25NO3.C18H25NO2.C17H23NO2/c1-5-18(2,3)16(20)17(21)19-11-7-10-15(19)13-8-6-9-14(12-13)22-4;1-4-18(2,3)16(20)17(21)19-12-8-11-15(19)13-14-9-6-5-7-10-14;1-4-17(2,3)15(19)16(20)18-12-8-11-14(18)13-9-6-5-7-10-13/h6,8-9,12,15H,5,7,10-11H2,1-4H3;5-7,9-10,15H,4,8,11-13H2,1-3H3;5-7,9-10,14H,4,8,11-12H2,1-3H3. The first-order valence-corrected chi connectivity index (χ1v) is 23.1. The van der Waals surface area contributed by atoms with Gasteiger partial charge in [-0.1, -0.05) is 135 Å². The molecule has 3 aliphatic rings. The van der Waals surface area contributed by atoms with Gasteiger partial charge in [0.1, 0.15) is 5.75 Å². The highest BCUT2D eigenvalue weighted by atomic mass is 16.5. The minimum absolute atomic E-state index is 0.0285. The number of likely N-dealkylation sites (tertiary alicyclic amines) is 3. The van der Waals surface area contributed by atoms with Crippen LogP contribution in [0.25, 0.3) is 0 Å². The molecule has 3 aromatic carbocycles. The Bertz CT molecular complexity index is 2030. The van der Waals surface area contributed by atoms with Gasteiger partial charge in [-0.05, 0) is 93.0 Å². The van der Waals surface area contributed by atoms with E-state index in [1.165, 1.54) is 5.56 Å². The van der Waals surface area contributed by atoms with Crippen LogP contribution in [0.15, 0.2) is 84.9 Å². The quantitative estimate of drug-likeness (QED) is 0.148.